The lowest BCUT2D eigenvalue weighted by atomic mass is 10.1. The summed E-state index contributed by atoms with van der Waals surface area (Å²) in [7, 11) is 0. The van der Waals surface area contributed by atoms with Crippen LogP contribution in [-0.4, -0.2) is 26.4 Å². The SMILES string of the molecule is CCn1c2ccccc2c2cc(N(Cc3ccccc3)C(=O)O)ccc21.CCn1c2ccccc2c2cc(NC(=O)Oc3ccccc3)ccc21. The molecule has 0 aliphatic carbocycles. The van der Waals surface area contributed by atoms with Crippen LogP contribution in [0, 0.1) is 0 Å². The third kappa shape index (κ3) is 6.72. The standard InChI is InChI=1S/C22H20N2O2.C21H18N2O2/c1-2-23-20-11-7-6-10-18(20)19-14-17(12-13-21(19)23)24(22(25)26)15-16-8-4-3-5-9-16;1-2-23-19-11-7-6-10-17(19)18-14-15(12-13-20(18)23)22-21(24)25-16-8-4-3-5-9-16/h3-14H,2,15H2,1H3,(H,25,26);3-14H,2H2,1H3,(H,22,24). The van der Waals surface area contributed by atoms with Gasteiger partial charge < -0.3 is 19.0 Å². The van der Waals surface area contributed by atoms with Crippen LogP contribution in [0.1, 0.15) is 19.4 Å². The van der Waals surface area contributed by atoms with Gasteiger partial charge in [-0.1, -0.05) is 84.9 Å². The Labute approximate surface area is 295 Å². The van der Waals surface area contributed by atoms with Crippen LogP contribution in [0.4, 0.5) is 21.0 Å². The van der Waals surface area contributed by atoms with Crippen molar-refractivity contribution in [3.05, 3.63) is 151 Å². The molecule has 0 aliphatic rings. The Morgan fingerprint density at radius 3 is 1.71 bits per heavy atom. The van der Waals surface area contributed by atoms with Crippen molar-refractivity contribution in [1.29, 1.82) is 0 Å². The summed E-state index contributed by atoms with van der Waals surface area (Å²) in [5.74, 6) is 0.517. The van der Waals surface area contributed by atoms with Gasteiger partial charge in [-0.3, -0.25) is 10.2 Å². The fourth-order valence-electron chi connectivity index (χ4n) is 6.80. The fraction of sp³-hybridized carbons (Fsp3) is 0.116. The van der Waals surface area contributed by atoms with Crippen LogP contribution in [0.2, 0.25) is 0 Å². The molecule has 0 saturated carbocycles. The van der Waals surface area contributed by atoms with Gasteiger partial charge in [-0.15, -0.1) is 0 Å². The number of carbonyl (C=O) groups is 2. The minimum atomic E-state index is -0.951. The second-order valence-electron chi connectivity index (χ2n) is 12.1. The number of hydrogen-bond acceptors (Lipinski definition) is 3. The number of carboxylic acid groups (broad SMARTS) is 1. The molecular weight excluding hydrogens is 636 g/mol. The number of anilines is 2. The molecule has 0 spiro atoms. The highest BCUT2D eigenvalue weighted by Gasteiger charge is 2.18. The van der Waals surface area contributed by atoms with Crippen molar-refractivity contribution in [2.24, 2.45) is 0 Å². The van der Waals surface area contributed by atoms with Crippen LogP contribution < -0.4 is 15.0 Å². The molecule has 0 bridgehead atoms. The normalized spacial score (nSPS) is 11.0. The van der Waals surface area contributed by atoms with Crippen molar-refractivity contribution < 1.29 is 19.4 Å². The molecule has 0 saturated heterocycles. The van der Waals surface area contributed by atoms with Gasteiger partial charge >= 0.3 is 12.2 Å². The van der Waals surface area contributed by atoms with E-state index < -0.39 is 12.2 Å². The lowest BCUT2D eigenvalue weighted by Crippen LogP contribution is -2.28. The van der Waals surface area contributed by atoms with Gasteiger partial charge in [-0.25, -0.2) is 9.59 Å². The number of aryl methyl sites for hydroxylation is 2. The molecule has 8 nitrogen and oxygen atoms in total. The highest BCUT2D eigenvalue weighted by Crippen LogP contribution is 2.33. The molecule has 6 aromatic carbocycles. The quantitative estimate of drug-likeness (QED) is 0.176. The van der Waals surface area contributed by atoms with Crippen molar-refractivity contribution in [2.75, 3.05) is 10.2 Å². The van der Waals surface area contributed by atoms with E-state index in [0.29, 0.717) is 23.7 Å². The maximum atomic E-state index is 12.1. The second kappa shape index (κ2) is 14.5. The number of fused-ring (bicyclic) bond motifs is 6. The largest absolute Gasteiger partial charge is 0.465 e. The molecule has 0 radical (unpaired) electrons. The van der Waals surface area contributed by atoms with E-state index in [1.54, 1.807) is 12.1 Å². The number of ether oxygens (including phenoxy) is 1. The number of nitrogens with one attached hydrogen (secondary N) is 1. The lowest BCUT2D eigenvalue weighted by Gasteiger charge is -2.19. The summed E-state index contributed by atoms with van der Waals surface area (Å²) in [5.41, 5.74) is 7.02. The molecule has 0 unspecified atom stereocenters. The van der Waals surface area contributed by atoms with Crippen molar-refractivity contribution >= 4 is 67.2 Å². The monoisotopic (exact) mass is 674 g/mol. The average molecular weight is 675 g/mol. The van der Waals surface area contributed by atoms with Crippen molar-refractivity contribution in [2.45, 2.75) is 33.5 Å². The Balaban J connectivity index is 0.000000159. The predicted octanol–water partition coefficient (Wildman–Crippen LogP) is 10.9. The minimum Gasteiger partial charge on any atom is -0.465 e. The van der Waals surface area contributed by atoms with E-state index in [1.807, 2.05) is 109 Å². The van der Waals surface area contributed by atoms with E-state index in [-0.39, 0.29) is 0 Å². The smallest absolute Gasteiger partial charge is 0.417 e. The van der Waals surface area contributed by atoms with Crippen LogP contribution in [0.15, 0.2) is 146 Å². The van der Waals surface area contributed by atoms with Gasteiger partial charge in [0.2, 0.25) is 0 Å². The molecule has 2 N–H and O–H groups in total. The number of amides is 2. The van der Waals surface area contributed by atoms with Gasteiger partial charge in [0.05, 0.1) is 6.54 Å². The summed E-state index contributed by atoms with van der Waals surface area (Å²) in [6.45, 7) is 6.35. The number of rotatable bonds is 7. The molecule has 254 valence electrons. The van der Waals surface area contributed by atoms with Gasteiger partial charge in [-0.05, 0) is 80.1 Å². The number of carbonyl (C=O) groups excluding carboxylic acids is 1. The number of benzene rings is 6. The molecule has 2 amide bonds. The number of hydrogen-bond donors (Lipinski definition) is 2. The predicted molar refractivity (Wildman–Crippen MR) is 207 cm³/mol. The van der Waals surface area contributed by atoms with Crippen LogP contribution in [0.5, 0.6) is 5.75 Å². The van der Waals surface area contributed by atoms with E-state index in [9.17, 15) is 14.7 Å². The first-order valence-corrected chi connectivity index (χ1v) is 17.1. The third-order valence-electron chi connectivity index (χ3n) is 9.09. The maximum Gasteiger partial charge on any atom is 0.417 e. The zero-order valence-corrected chi connectivity index (χ0v) is 28.5. The highest BCUT2D eigenvalue weighted by atomic mass is 16.6. The molecule has 2 aromatic heterocycles. The minimum absolute atomic E-state index is 0.327. The second-order valence-corrected chi connectivity index (χ2v) is 12.1. The van der Waals surface area contributed by atoms with Gasteiger partial charge in [-0.2, -0.15) is 0 Å². The fourth-order valence-corrected chi connectivity index (χ4v) is 6.80. The van der Waals surface area contributed by atoms with Gasteiger partial charge in [0.25, 0.3) is 0 Å². The molecule has 51 heavy (non-hydrogen) atoms. The number of nitrogens with zero attached hydrogens (tertiary/aromatic N) is 3. The Hall–Kier alpha value is -6.54. The summed E-state index contributed by atoms with van der Waals surface area (Å²) in [6, 6.07) is 47.1. The van der Waals surface area contributed by atoms with Crippen LogP contribution in [-0.2, 0) is 19.6 Å². The summed E-state index contributed by atoms with van der Waals surface area (Å²) in [4.78, 5) is 25.4. The molecule has 8 rings (SSSR count). The Kier molecular flexibility index (Phi) is 9.39. The number of aromatic nitrogens is 2. The average Bonchev–Trinajstić information content (AvgIpc) is 3.66. The van der Waals surface area contributed by atoms with Crippen LogP contribution >= 0.6 is 0 Å². The number of para-hydroxylation sites is 3. The first kappa shape index (κ1) is 33.0. The van der Waals surface area contributed by atoms with E-state index in [1.165, 1.54) is 21.3 Å². The zero-order chi connectivity index (χ0) is 35.3. The van der Waals surface area contributed by atoms with Gasteiger partial charge in [0.1, 0.15) is 5.75 Å². The van der Waals surface area contributed by atoms with Crippen LogP contribution in [0.25, 0.3) is 43.6 Å². The third-order valence-corrected chi connectivity index (χ3v) is 9.09. The topological polar surface area (TPSA) is 88.7 Å². The van der Waals surface area contributed by atoms with E-state index in [0.717, 1.165) is 45.8 Å². The van der Waals surface area contributed by atoms with Crippen molar-refractivity contribution in [3.63, 3.8) is 0 Å². The molecule has 8 aromatic rings. The van der Waals surface area contributed by atoms with Crippen LogP contribution in [0.3, 0.4) is 0 Å². The molecule has 0 aliphatic heterocycles. The van der Waals surface area contributed by atoms with E-state index in [4.69, 9.17) is 4.74 Å². The first-order chi connectivity index (χ1) is 24.9. The molecule has 8 heteroatoms. The van der Waals surface area contributed by atoms with E-state index in [2.05, 4.69) is 52.6 Å². The van der Waals surface area contributed by atoms with Gasteiger partial charge in [0, 0.05) is 68.1 Å². The maximum absolute atomic E-state index is 12.1. The summed E-state index contributed by atoms with van der Waals surface area (Å²) in [5, 5.41) is 17.1. The molecule has 0 atom stereocenters. The lowest BCUT2D eigenvalue weighted by molar-refractivity contribution is 0.201. The molecule has 2 heterocycles. The van der Waals surface area contributed by atoms with E-state index >= 15 is 0 Å². The first-order valence-electron chi connectivity index (χ1n) is 17.1. The summed E-state index contributed by atoms with van der Waals surface area (Å²) >= 11 is 0. The Morgan fingerprint density at radius 2 is 1.12 bits per heavy atom. The molecular formula is C43H38N4O4. The summed E-state index contributed by atoms with van der Waals surface area (Å²) in [6.07, 6.45) is -1.45. The molecule has 0 fully saturated rings. The van der Waals surface area contributed by atoms with Crippen molar-refractivity contribution in [1.82, 2.24) is 9.13 Å². The Bertz CT molecular complexity index is 2490. The summed E-state index contributed by atoms with van der Waals surface area (Å²) < 4.78 is 9.82. The van der Waals surface area contributed by atoms with Gasteiger partial charge in [0.15, 0.2) is 0 Å². The Morgan fingerprint density at radius 1 is 0.608 bits per heavy atom. The zero-order valence-electron chi connectivity index (χ0n) is 28.5. The van der Waals surface area contributed by atoms with Crippen molar-refractivity contribution in [3.8, 4) is 5.75 Å². The highest BCUT2D eigenvalue weighted by molar-refractivity contribution is 6.10.